The van der Waals surface area contributed by atoms with E-state index in [4.69, 9.17) is 0 Å². The maximum absolute atomic E-state index is 12.5. The van der Waals surface area contributed by atoms with Gasteiger partial charge >= 0.3 is 6.18 Å². The van der Waals surface area contributed by atoms with Crippen LogP contribution < -0.4 is 0 Å². The van der Waals surface area contributed by atoms with Crippen LogP contribution in [-0.2, 0) is 12.6 Å². The van der Waals surface area contributed by atoms with Crippen LogP contribution in [0.25, 0.3) is 0 Å². The van der Waals surface area contributed by atoms with Crippen molar-refractivity contribution in [2.75, 3.05) is 0 Å². The minimum absolute atomic E-state index is 0.205. The monoisotopic (exact) mass is 298 g/mol. The molecule has 0 saturated heterocycles. The molecule has 0 nitrogen and oxygen atoms in total. The van der Waals surface area contributed by atoms with E-state index in [0.29, 0.717) is 5.92 Å². The largest absolute Gasteiger partial charge is 0.416 e. The van der Waals surface area contributed by atoms with E-state index >= 15 is 0 Å². The Morgan fingerprint density at radius 3 is 2.10 bits per heavy atom. The van der Waals surface area contributed by atoms with Crippen molar-refractivity contribution in [1.29, 1.82) is 0 Å². The summed E-state index contributed by atoms with van der Waals surface area (Å²) in [5.74, 6) is 0.464. The molecule has 0 bridgehead atoms. The SMILES string of the molecule is CC(CC/C=C/C(C)(C)C)Cc1ccc(C(F)(F)F)cc1. The minimum Gasteiger partial charge on any atom is -0.166 e. The predicted molar refractivity (Wildman–Crippen MR) is 82.1 cm³/mol. The van der Waals surface area contributed by atoms with E-state index in [1.807, 2.05) is 0 Å². The Morgan fingerprint density at radius 1 is 1.05 bits per heavy atom. The maximum atomic E-state index is 12.5. The van der Waals surface area contributed by atoms with Crippen LogP contribution in [-0.4, -0.2) is 0 Å². The van der Waals surface area contributed by atoms with Gasteiger partial charge in [0.15, 0.2) is 0 Å². The summed E-state index contributed by atoms with van der Waals surface area (Å²) in [5, 5.41) is 0. The van der Waals surface area contributed by atoms with E-state index in [1.54, 1.807) is 12.1 Å². The Morgan fingerprint density at radius 2 is 1.62 bits per heavy atom. The van der Waals surface area contributed by atoms with Gasteiger partial charge in [-0.3, -0.25) is 0 Å². The highest BCUT2D eigenvalue weighted by atomic mass is 19.4. The second kappa shape index (κ2) is 7.15. The van der Waals surface area contributed by atoms with Crippen molar-refractivity contribution in [3.05, 3.63) is 47.5 Å². The molecular weight excluding hydrogens is 273 g/mol. The summed E-state index contributed by atoms with van der Waals surface area (Å²) in [4.78, 5) is 0. The third-order valence-electron chi connectivity index (χ3n) is 3.31. The molecule has 0 aliphatic rings. The van der Waals surface area contributed by atoms with E-state index in [1.165, 1.54) is 12.1 Å². The first-order valence-corrected chi connectivity index (χ1v) is 7.42. The van der Waals surface area contributed by atoms with Crippen LogP contribution in [0.1, 0.15) is 51.7 Å². The van der Waals surface area contributed by atoms with Gasteiger partial charge in [0.25, 0.3) is 0 Å². The Balaban J connectivity index is 2.45. The molecule has 0 aliphatic carbocycles. The molecule has 0 amide bonds. The van der Waals surface area contributed by atoms with Gasteiger partial charge in [-0.1, -0.05) is 52.0 Å². The molecule has 1 aromatic rings. The molecular formula is C18H25F3. The normalized spacial score (nSPS) is 14.6. The minimum atomic E-state index is -4.25. The molecule has 0 spiro atoms. The summed E-state index contributed by atoms with van der Waals surface area (Å²) < 4.78 is 37.4. The van der Waals surface area contributed by atoms with Gasteiger partial charge in [0.2, 0.25) is 0 Å². The number of hydrogen-bond donors (Lipinski definition) is 0. The second-order valence-electron chi connectivity index (χ2n) is 6.85. The molecule has 118 valence electrons. The van der Waals surface area contributed by atoms with Gasteiger partial charge in [-0.2, -0.15) is 13.2 Å². The van der Waals surface area contributed by atoms with E-state index < -0.39 is 11.7 Å². The fraction of sp³-hybridized carbons (Fsp3) is 0.556. The zero-order valence-electron chi connectivity index (χ0n) is 13.3. The quantitative estimate of drug-likeness (QED) is 0.562. The van der Waals surface area contributed by atoms with E-state index in [0.717, 1.165) is 24.8 Å². The molecule has 0 N–H and O–H groups in total. The Hall–Kier alpha value is -1.25. The molecule has 1 unspecified atom stereocenters. The summed E-state index contributed by atoms with van der Waals surface area (Å²) in [6, 6.07) is 5.51. The van der Waals surface area contributed by atoms with Gasteiger partial charge in [-0.15, -0.1) is 0 Å². The van der Waals surface area contributed by atoms with Crippen molar-refractivity contribution < 1.29 is 13.2 Å². The van der Waals surface area contributed by atoms with Gasteiger partial charge in [0.05, 0.1) is 5.56 Å². The first-order chi connectivity index (χ1) is 9.58. The first-order valence-electron chi connectivity index (χ1n) is 7.42. The van der Waals surface area contributed by atoms with Crippen molar-refractivity contribution in [1.82, 2.24) is 0 Å². The number of rotatable bonds is 5. The third-order valence-corrected chi connectivity index (χ3v) is 3.31. The summed E-state index contributed by atoms with van der Waals surface area (Å²) in [5.41, 5.74) is 0.596. The van der Waals surface area contributed by atoms with Gasteiger partial charge in [-0.05, 0) is 48.3 Å². The fourth-order valence-corrected chi connectivity index (χ4v) is 2.15. The molecule has 0 saturated carbocycles. The maximum Gasteiger partial charge on any atom is 0.416 e. The van der Waals surface area contributed by atoms with Crippen LogP contribution >= 0.6 is 0 Å². The lowest BCUT2D eigenvalue weighted by atomic mass is 9.93. The zero-order chi connectivity index (χ0) is 16.1. The van der Waals surface area contributed by atoms with E-state index in [9.17, 15) is 13.2 Å². The van der Waals surface area contributed by atoms with Crippen LogP contribution in [0.15, 0.2) is 36.4 Å². The van der Waals surface area contributed by atoms with Crippen LogP contribution in [0, 0.1) is 11.3 Å². The number of halogens is 3. The molecule has 1 atom stereocenters. The summed E-state index contributed by atoms with van der Waals surface area (Å²) >= 11 is 0. The molecule has 0 fully saturated rings. The summed E-state index contributed by atoms with van der Waals surface area (Å²) in [6.45, 7) is 8.63. The number of alkyl halides is 3. The average molecular weight is 298 g/mol. The lowest BCUT2D eigenvalue weighted by Gasteiger charge is -2.13. The number of hydrogen-bond acceptors (Lipinski definition) is 0. The highest BCUT2D eigenvalue weighted by Gasteiger charge is 2.29. The predicted octanol–water partition coefficient (Wildman–Crippen LogP) is 6.27. The average Bonchev–Trinajstić information content (AvgIpc) is 2.33. The van der Waals surface area contributed by atoms with Gasteiger partial charge in [0, 0.05) is 0 Å². The van der Waals surface area contributed by atoms with Gasteiger partial charge < -0.3 is 0 Å². The summed E-state index contributed by atoms with van der Waals surface area (Å²) in [7, 11) is 0. The smallest absolute Gasteiger partial charge is 0.166 e. The Kier molecular flexibility index (Phi) is 6.06. The molecule has 0 aliphatic heterocycles. The van der Waals surface area contributed by atoms with Crippen molar-refractivity contribution in [3.63, 3.8) is 0 Å². The van der Waals surface area contributed by atoms with E-state index in [2.05, 4.69) is 39.8 Å². The van der Waals surface area contributed by atoms with Crippen molar-refractivity contribution in [2.24, 2.45) is 11.3 Å². The van der Waals surface area contributed by atoms with Crippen LogP contribution in [0.5, 0.6) is 0 Å². The van der Waals surface area contributed by atoms with Crippen molar-refractivity contribution >= 4 is 0 Å². The van der Waals surface area contributed by atoms with Crippen molar-refractivity contribution in [2.45, 2.75) is 53.1 Å². The highest BCUT2D eigenvalue weighted by molar-refractivity contribution is 5.24. The van der Waals surface area contributed by atoms with E-state index in [-0.39, 0.29) is 5.41 Å². The molecule has 1 aromatic carbocycles. The molecule has 0 radical (unpaired) electrons. The Bertz CT molecular complexity index is 447. The summed E-state index contributed by atoms with van der Waals surface area (Å²) in [6.07, 6.45) is 3.04. The lowest BCUT2D eigenvalue weighted by molar-refractivity contribution is -0.137. The van der Waals surface area contributed by atoms with Gasteiger partial charge in [0.1, 0.15) is 0 Å². The van der Waals surface area contributed by atoms with Crippen molar-refractivity contribution in [3.8, 4) is 0 Å². The first kappa shape index (κ1) is 17.8. The standard InChI is InChI=1S/C18H25F3/c1-14(7-5-6-12-17(2,3)4)13-15-8-10-16(11-9-15)18(19,20)21/h6,8-12,14H,5,7,13H2,1-4H3/b12-6+. The topological polar surface area (TPSA) is 0 Å². The van der Waals surface area contributed by atoms with Crippen LogP contribution in [0.2, 0.25) is 0 Å². The lowest BCUT2D eigenvalue weighted by Crippen LogP contribution is -2.05. The number of benzene rings is 1. The van der Waals surface area contributed by atoms with Gasteiger partial charge in [-0.25, -0.2) is 0 Å². The molecule has 0 heterocycles. The van der Waals surface area contributed by atoms with Crippen LogP contribution in [0.3, 0.4) is 0 Å². The molecule has 21 heavy (non-hydrogen) atoms. The molecule has 1 rings (SSSR count). The zero-order valence-corrected chi connectivity index (χ0v) is 13.3. The third kappa shape index (κ3) is 7.35. The second-order valence-corrected chi connectivity index (χ2v) is 6.85. The highest BCUT2D eigenvalue weighted by Crippen LogP contribution is 2.29. The fourth-order valence-electron chi connectivity index (χ4n) is 2.15. The molecule has 0 aromatic heterocycles. The molecule has 3 heteroatoms. The van der Waals surface area contributed by atoms with Crippen LogP contribution in [0.4, 0.5) is 13.2 Å². The number of allylic oxidation sites excluding steroid dienone is 2. The Labute approximate surface area is 126 Å².